The van der Waals surface area contributed by atoms with Gasteiger partial charge < -0.3 is 9.84 Å². The van der Waals surface area contributed by atoms with Crippen LogP contribution in [0.1, 0.15) is 0 Å². The molecular weight excluding hydrogens is 378 g/mol. The van der Waals surface area contributed by atoms with Crippen molar-refractivity contribution in [1.82, 2.24) is 10.2 Å². The third kappa shape index (κ3) is 4.21. The normalized spacial score (nSPS) is 9.89. The molecule has 0 spiro atoms. The minimum atomic E-state index is -1.21. The van der Waals surface area contributed by atoms with Gasteiger partial charge in [-0.25, -0.2) is 0 Å². The van der Waals surface area contributed by atoms with Crippen LogP contribution in [-0.2, 0) is 0 Å². The maximum atomic E-state index is 10.4. The molecule has 144 valence electrons. The number of nitro benzene ring substituents is 3. The zero-order valence-corrected chi connectivity index (χ0v) is 14.1. The lowest BCUT2D eigenvalue weighted by Gasteiger charge is -2.00. The molecule has 1 N–H and O–H groups in total. The van der Waals surface area contributed by atoms with E-state index in [0.717, 1.165) is 10.8 Å². The lowest BCUT2D eigenvalue weighted by Crippen LogP contribution is -1.97. The number of nitrogens with zero attached hydrogens (tertiary/aromatic N) is 5. The first-order valence-electron chi connectivity index (χ1n) is 7.30. The number of hydrogen-bond acceptors (Lipinski definition) is 10. The summed E-state index contributed by atoms with van der Waals surface area (Å²) in [5.41, 5.74) is -3.00. The van der Waals surface area contributed by atoms with E-state index in [1.54, 1.807) is 13.3 Å². The molecule has 0 atom stereocenters. The van der Waals surface area contributed by atoms with E-state index < -0.39 is 37.6 Å². The number of benzene rings is 2. The SMILES string of the molecule is COc1nncc2ccccc12.O=[N+]([O-])c1cc([N+](=O)[O-])c(O)c([N+](=O)[O-])c1. The summed E-state index contributed by atoms with van der Waals surface area (Å²) in [6, 6.07) is 8.75. The van der Waals surface area contributed by atoms with E-state index in [4.69, 9.17) is 9.84 Å². The number of nitro groups is 3. The first kappa shape index (κ1) is 19.9. The molecule has 1 aromatic heterocycles. The maximum Gasteiger partial charge on any atom is 0.324 e. The Hall–Kier alpha value is -4.42. The van der Waals surface area contributed by atoms with Crippen LogP contribution in [0, 0.1) is 30.3 Å². The third-order valence-electron chi connectivity index (χ3n) is 3.39. The summed E-state index contributed by atoms with van der Waals surface area (Å²) in [6.45, 7) is 0. The van der Waals surface area contributed by atoms with Gasteiger partial charge in [-0.15, -0.1) is 5.10 Å². The van der Waals surface area contributed by atoms with Crippen LogP contribution in [0.25, 0.3) is 10.8 Å². The Morgan fingerprint density at radius 2 is 1.54 bits per heavy atom. The molecule has 2 aromatic carbocycles. The molecule has 0 amide bonds. The molecule has 3 aromatic rings. The number of hydrogen-bond donors (Lipinski definition) is 1. The summed E-state index contributed by atoms with van der Waals surface area (Å²) < 4.78 is 5.05. The van der Waals surface area contributed by atoms with Gasteiger partial charge in [0.1, 0.15) is 0 Å². The van der Waals surface area contributed by atoms with Gasteiger partial charge in [-0.3, -0.25) is 30.3 Å². The molecule has 1 heterocycles. The van der Waals surface area contributed by atoms with Crippen LogP contribution >= 0.6 is 0 Å². The van der Waals surface area contributed by atoms with Crippen LogP contribution in [0.15, 0.2) is 42.6 Å². The largest absolute Gasteiger partial charge is 0.497 e. The van der Waals surface area contributed by atoms with Crippen molar-refractivity contribution in [2.45, 2.75) is 0 Å². The van der Waals surface area contributed by atoms with Gasteiger partial charge >= 0.3 is 11.4 Å². The summed E-state index contributed by atoms with van der Waals surface area (Å²) in [7, 11) is 1.59. The van der Waals surface area contributed by atoms with Gasteiger partial charge in [0, 0.05) is 10.8 Å². The topological polar surface area (TPSA) is 185 Å². The molecular formula is C15H11N5O8. The molecule has 28 heavy (non-hydrogen) atoms. The highest BCUT2D eigenvalue weighted by molar-refractivity contribution is 5.85. The molecule has 0 fully saturated rings. The van der Waals surface area contributed by atoms with Crippen molar-refractivity contribution in [1.29, 1.82) is 0 Å². The van der Waals surface area contributed by atoms with Gasteiger partial charge in [0.15, 0.2) is 0 Å². The molecule has 0 radical (unpaired) electrons. The van der Waals surface area contributed by atoms with Crippen molar-refractivity contribution in [3.05, 3.63) is 72.9 Å². The van der Waals surface area contributed by atoms with Crippen LogP contribution in [0.5, 0.6) is 11.6 Å². The van der Waals surface area contributed by atoms with E-state index in [-0.39, 0.29) is 0 Å². The van der Waals surface area contributed by atoms with Gasteiger partial charge in [-0.05, 0) is 6.07 Å². The standard InChI is InChI=1S/C9H8N2O.C6H3N3O7/c1-12-9-8-5-3-2-4-7(8)6-10-11-9;10-6-4(8(13)14)1-3(7(11)12)2-5(6)9(15)16/h2-6H,1H3;1-2,10H. The van der Waals surface area contributed by atoms with Crippen molar-refractivity contribution < 1.29 is 24.6 Å². The fourth-order valence-corrected chi connectivity index (χ4v) is 2.13. The van der Waals surface area contributed by atoms with Crippen molar-refractivity contribution in [3.63, 3.8) is 0 Å². The predicted octanol–water partition coefficient (Wildman–Crippen LogP) is 2.76. The van der Waals surface area contributed by atoms with Crippen molar-refractivity contribution >= 4 is 27.8 Å². The summed E-state index contributed by atoms with van der Waals surface area (Å²) in [5.74, 6) is -0.631. The highest BCUT2D eigenvalue weighted by Crippen LogP contribution is 2.38. The van der Waals surface area contributed by atoms with Gasteiger partial charge in [0.2, 0.25) is 5.88 Å². The van der Waals surface area contributed by atoms with E-state index in [9.17, 15) is 30.3 Å². The Kier molecular flexibility index (Phi) is 5.90. The number of methoxy groups -OCH3 is 1. The molecule has 0 aliphatic rings. The van der Waals surface area contributed by atoms with Crippen LogP contribution in [0.4, 0.5) is 17.1 Å². The highest BCUT2D eigenvalue weighted by atomic mass is 16.6. The number of rotatable bonds is 4. The van der Waals surface area contributed by atoms with Crippen LogP contribution in [-0.4, -0.2) is 37.2 Å². The smallest absolute Gasteiger partial charge is 0.324 e. The van der Waals surface area contributed by atoms with Crippen LogP contribution < -0.4 is 4.74 Å². The minimum absolute atomic E-state index is 0.447. The number of ether oxygens (including phenoxy) is 1. The summed E-state index contributed by atoms with van der Waals surface area (Å²) in [4.78, 5) is 27.8. The zero-order valence-electron chi connectivity index (χ0n) is 14.1. The van der Waals surface area contributed by atoms with E-state index in [1.807, 2.05) is 24.3 Å². The Morgan fingerprint density at radius 1 is 0.964 bits per heavy atom. The Morgan fingerprint density at radius 3 is 2.04 bits per heavy atom. The van der Waals surface area contributed by atoms with Gasteiger partial charge in [-0.1, -0.05) is 18.2 Å². The highest BCUT2D eigenvalue weighted by Gasteiger charge is 2.30. The average molecular weight is 389 g/mol. The average Bonchev–Trinajstić information content (AvgIpc) is 2.67. The quantitative estimate of drug-likeness (QED) is 0.513. The fraction of sp³-hybridized carbons (Fsp3) is 0.0667. The number of phenolic OH excluding ortho intramolecular Hbond substituents is 1. The molecule has 0 saturated heterocycles. The Labute approximate surface area is 155 Å². The third-order valence-corrected chi connectivity index (χ3v) is 3.39. The summed E-state index contributed by atoms with van der Waals surface area (Å²) >= 11 is 0. The summed E-state index contributed by atoms with van der Waals surface area (Å²) in [5, 5.41) is 49.9. The second-order valence-electron chi connectivity index (χ2n) is 5.05. The van der Waals surface area contributed by atoms with Gasteiger partial charge in [0.25, 0.3) is 11.4 Å². The number of non-ortho nitro benzene ring substituents is 1. The molecule has 0 bridgehead atoms. The predicted molar refractivity (Wildman–Crippen MR) is 94.2 cm³/mol. The Bertz CT molecular complexity index is 1030. The molecule has 13 nitrogen and oxygen atoms in total. The molecule has 0 aliphatic carbocycles. The van der Waals surface area contributed by atoms with Gasteiger partial charge in [0.05, 0.1) is 40.2 Å². The van der Waals surface area contributed by atoms with Crippen molar-refractivity contribution in [2.24, 2.45) is 0 Å². The number of phenols is 1. The molecule has 0 aliphatic heterocycles. The van der Waals surface area contributed by atoms with E-state index in [2.05, 4.69) is 10.2 Å². The first-order chi connectivity index (χ1) is 13.3. The van der Waals surface area contributed by atoms with E-state index in [0.29, 0.717) is 18.0 Å². The number of aromatic hydroxyl groups is 1. The van der Waals surface area contributed by atoms with Crippen LogP contribution in [0.3, 0.4) is 0 Å². The molecule has 0 unspecified atom stereocenters. The first-order valence-corrected chi connectivity index (χ1v) is 7.30. The van der Waals surface area contributed by atoms with E-state index in [1.165, 1.54) is 0 Å². The number of fused-ring (bicyclic) bond motifs is 1. The summed E-state index contributed by atoms with van der Waals surface area (Å²) in [6.07, 6.45) is 1.72. The van der Waals surface area contributed by atoms with Crippen LogP contribution in [0.2, 0.25) is 0 Å². The minimum Gasteiger partial charge on any atom is -0.497 e. The van der Waals surface area contributed by atoms with Crippen molar-refractivity contribution in [2.75, 3.05) is 7.11 Å². The van der Waals surface area contributed by atoms with Gasteiger partial charge in [-0.2, -0.15) is 5.10 Å². The lowest BCUT2D eigenvalue weighted by atomic mass is 10.2. The molecule has 13 heteroatoms. The molecule has 0 saturated carbocycles. The molecule has 3 rings (SSSR count). The van der Waals surface area contributed by atoms with Crippen molar-refractivity contribution in [3.8, 4) is 11.6 Å². The second kappa shape index (κ2) is 8.31. The lowest BCUT2D eigenvalue weighted by molar-refractivity contribution is -0.404. The van der Waals surface area contributed by atoms with E-state index >= 15 is 0 Å². The fourth-order valence-electron chi connectivity index (χ4n) is 2.13. The number of aromatic nitrogens is 2. The maximum absolute atomic E-state index is 10.4. The Balaban J connectivity index is 0.000000207. The second-order valence-corrected chi connectivity index (χ2v) is 5.05. The zero-order chi connectivity index (χ0) is 20.8. The monoisotopic (exact) mass is 389 g/mol.